The van der Waals surface area contributed by atoms with Gasteiger partial charge in [0.05, 0.1) is 23.6 Å². The van der Waals surface area contributed by atoms with Crippen LogP contribution in [0.5, 0.6) is 0 Å². The minimum atomic E-state index is -3.80. The second-order valence-electron chi connectivity index (χ2n) is 10.3. The largest absolute Gasteiger partial charge is 0.395 e. The number of alkyl halides is 2. The van der Waals surface area contributed by atoms with Crippen LogP contribution in [0.15, 0.2) is 24.5 Å². The highest BCUT2D eigenvalue weighted by molar-refractivity contribution is 7.92. The Labute approximate surface area is 219 Å². The lowest BCUT2D eigenvalue weighted by Crippen LogP contribution is -2.39. The number of nitrogens with one attached hydrogen (secondary N) is 2. The molecule has 3 N–H and O–H groups in total. The average molecular weight is 552 g/mol. The van der Waals surface area contributed by atoms with Gasteiger partial charge in [-0.1, -0.05) is 0 Å². The first kappa shape index (κ1) is 26.5. The first-order valence-corrected chi connectivity index (χ1v) is 14.4. The van der Waals surface area contributed by atoms with E-state index in [9.17, 15) is 22.0 Å². The van der Waals surface area contributed by atoms with E-state index in [0.29, 0.717) is 16.9 Å². The summed E-state index contributed by atoms with van der Waals surface area (Å²) >= 11 is 0. The maximum Gasteiger partial charge on any atom is 0.261 e. The molecule has 4 heterocycles. The summed E-state index contributed by atoms with van der Waals surface area (Å²) in [6, 6.07) is 3.14. The second-order valence-corrected chi connectivity index (χ2v) is 12.1. The Morgan fingerprint density at radius 1 is 1.03 bits per heavy atom. The Morgan fingerprint density at radius 3 is 2.37 bits per heavy atom. The molecule has 38 heavy (non-hydrogen) atoms. The smallest absolute Gasteiger partial charge is 0.261 e. The molecule has 206 valence electrons. The summed E-state index contributed by atoms with van der Waals surface area (Å²) < 4.78 is 53.8. The highest BCUT2D eigenvalue weighted by Crippen LogP contribution is 2.54. The monoisotopic (exact) mass is 551 g/mol. The number of sulfonamides is 1. The van der Waals surface area contributed by atoms with Crippen molar-refractivity contribution in [3.63, 3.8) is 0 Å². The highest BCUT2D eigenvalue weighted by atomic mass is 32.2. The molecule has 0 bridgehead atoms. The number of hydrogen-bond acceptors (Lipinski definition) is 9. The van der Waals surface area contributed by atoms with E-state index in [4.69, 9.17) is 5.11 Å². The van der Waals surface area contributed by atoms with Gasteiger partial charge in [-0.3, -0.25) is 14.8 Å². The van der Waals surface area contributed by atoms with Crippen molar-refractivity contribution in [2.45, 2.75) is 44.4 Å². The molecule has 1 spiro atoms. The van der Waals surface area contributed by atoms with Crippen molar-refractivity contribution in [3.8, 4) is 0 Å². The van der Waals surface area contributed by atoms with Crippen LogP contribution >= 0.6 is 0 Å². The van der Waals surface area contributed by atoms with E-state index >= 15 is 0 Å². The molecule has 5 rings (SSSR count). The van der Waals surface area contributed by atoms with E-state index in [1.807, 2.05) is 0 Å². The summed E-state index contributed by atoms with van der Waals surface area (Å²) in [4.78, 5) is 29.7. The average Bonchev–Trinajstić information content (AvgIpc) is 3.63. The van der Waals surface area contributed by atoms with Crippen LogP contribution in [0, 0.1) is 5.41 Å². The zero-order valence-corrected chi connectivity index (χ0v) is 21.7. The molecule has 0 unspecified atom stereocenters. The summed E-state index contributed by atoms with van der Waals surface area (Å²) in [5.41, 5.74) is 1.15. The molecule has 1 amide bonds. The predicted octanol–water partition coefficient (Wildman–Crippen LogP) is 2.47. The van der Waals surface area contributed by atoms with Gasteiger partial charge in [0.2, 0.25) is 16.0 Å². The molecule has 2 saturated heterocycles. The van der Waals surface area contributed by atoms with Crippen LogP contribution in [0.4, 0.5) is 32.1 Å². The number of carbonyl (C=O) groups is 1. The Bertz CT molecular complexity index is 1290. The van der Waals surface area contributed by atoms with Crippen LogP contribution < -0.4 is 19.8 Å². The quantitative estimate of drug-likeness (QED) is 0.451. The fourth-order valence-electron chi connectivity index (χ4n) is 4.98. The first-order valence-electron chi connectivity index (χ1n) is 12.7. The Morgan fingerprint density at radius 2 is 1.71 bits per heavy atom. The summed E-state index contributed by atoms with van der Waals surface area (Å²) in [6.45, 7) is 1.21. The summed E-state index contributed by atoms with van der Waals surface area (Å²) in [5.74, 6) is -3.15. The first-order chi connectivity index (χ1) is 18.1. The van der Waals surface area contributed by atoms with Crippen LogP contribution in [-0.2, 0) is 10.0 Å². The molecule has 2 aromatic heterocycles. The van der Waals surface area contributed by atoms with E-state index in [1.165, 1.54) is 31.3 Å². The van der Waals surface area contributed by atoms with Crippen LogP contribution in [0.25, 0.3) is 0 Å². The zero-order chi connectivity index (χ0) is 27.0. The number of anilines is 4. The van der Waals surface area contributed by atoms with Gasteiger partial charge in [0.15, 0.2) is 0 Å². The summed E-state index contributed by atoms with van der Waals surface area (Å²) in [6.07, 6.45) is 6.63. The van der Waals surface area contributed by atoms with Crippen molar-refractivity contribution in [1.29, 1.82) is 0 Å². The molecule has 1 saturated carbocycles. The Balaban J connectivity index is 1.36. The van der Waals surface area contributed by atoms with Gasteiger partial charge in [0.25, 0.3) is 11.8 Å². The second kappa shape index (κ2) is 10.2. The summed E-state index contributed by atoms with van der Waals surface area (Å²) in [7, 11) is -3.80. The van der Waals surface area contributed by atoms with Gasteiger partial charge in [-0.15, -0.1) is 0 Å². The topological polar surface area (TPSA) is 141 Å². The molecule has 1 aliphatic carbocycles. The third-order valence-corrected chi connectivity index (χ3v) is 8.79. The maximum absolute atomic E-state index is 13.6. The number of rotatable bonds is 8. The third kappa shape index (κ3) is 6.12. The SMILES string of the molecule is O=C(Nc1nccc(N2CCC(F)(F)CC2)n1)c1cnc(NS(=O)(=O)CCO)cc1N1CCC2(CC1)CC2. The van der Waals surface area contributed by atoms with Gasteiger partial charge in [-0.2, -0.15) is 4.98 Å². The number of pyridine rings is 1. The van der Waals surface area contributed by atoms with Gasteiger partial charge in [-0.25, -0.2) is 27.2 Å². The molecule has 14 heteroatoms. The van der Waals surface area contributed by atoms with E-state index < -0.39 is 34.2 Å². The van der Waals surface area contributed by atoms with Gasteiger partial charge in [0, 0.05) is 57.5 Å². The minimum absolute atomic E-state index is 0.0269. The van der Waals surface area contributed by atoms with Crippen molar-refractivity contribution < 1.29 is 27.1 Å². The van der Waals surface area contributed by atoms with Gasteiger partial charge in [-0.05, 0) is 37.2 Å². The third-order valence-electron chi connectivity index (χ3n) is 7.55. The van der Waals surface area contributed by atoms with E-state index in [2.05, 4.69) is 29.9 Å². The van der Waals surface area contributed by atoms with Crippen molar-refractivity contribution >= 4 is 39.2 Å². The van der Waals surface area contributed by atoms with E-state index in [-0.39, 0.29) is 43.3 Å². The standard InChI is InChI=1S/C24H31F2N7O4S/c25-24(26)6-11-33(12-7-24)20-1-8-27-22(29-20)30-21(35)17-16-28-19(31-38(36,37)14-13-34)15-18(17)32-9-4-23(2-3-23)5-10-32/h1,8,15-16,34H,2-7,9-14H2,(H,28,31)(H,27,29,30,35). The molecule has 3 fully saturated rings. The van der Waals surface area contributed by atoms with Crippen molar-refractivity contribution in [1.82, 2.24) is 15.0 Å². The Hall–Kier alpha value is -3.13. The fraction of sp³-hybridized carbons (Fsp3) is 0.583. The van der Waals surface area contributed by atoms with E-state index in [1.54, 1.807) is 11.0 Å². The number of aliphatic hydroxyl groups excluding tert-OH is 1. The van der Waals surface area contributed by atoms with Crippen LogP contribution in [0.2, 0.25) is 0 Å². The molecule has 2 aliphatic heterocycles. The number of aromatic nitrogens is 3. The van der Waals surface area contributed by atoms with Gasteiger partial charge in [0.1, 0.15) is 11.6 Å². The van der Waals surface area contributed by atoms with E-state index in [0.717, 1.165) is 25.9 Å². The van der Waals surface area contributed by atoms with Crippen LogP contribution in [0.1, 0.15) is 48.9 Å². The number of amides is 1. The number of aliphatic hydroxyl groups is 1. The lowest BCUT2D eigenvalue weighted by atomic mass is 9.93. The van der Waals surface area contributed by atoms with Crippen LogP contribution in [0.3, 0.4) is 0 Å². The molecule has 0 atom stereocenters. The van der Waals surface area contributed by atoms with Crippen molar-refractivity contribution in [2.24, 2.45) is 5.41 Å². The molecule has 3 aliphatic rings. The minimum Gasteiger partial charge on any atom is -0.395 e. The van der Waals surface area contributed by atoms with Crippen molar-refractivity contribution in [3.05, 3.63) is 30.1 Å². The van der Waals surface area contributed by atoms with Gasteiger partial charge < -0.3 is 14.9 Å². The summed E-state index contributed by atoms with van der Waals surface area (Å²) in [5, 5.41) is 11.7. The lowest BCUT2D eigenvalue weighted by molar-refractivity contribution is -0.0221. The molecular weight excluding hydrogens is 520 g/mol. The Kier molecular flexibility index (Phi) is 7.11. The normalized spacial score (nSPS) is 20.3. The molecule has 0 radical (unpaired) electrons. The number of hydrogen-bond donors (Lipinski definition) is 3. The number of piperidine rings is 2. The zero-order valence-electron chi connectivity index (χ0n) is 20.9. The lowest BCUT2D eigenvalue weighted by Gasteiger charge is -2.35. The molecular formula is C24H31F2N7O4S. The van der Waals surface area contributed by atoms with Crippen LogP contribution in [-0.4, -0.2) is 78.8 Å². The number of nitrogens with zero attached hydrogens (tertiary/aromatic N) is 5. The maximum atomic E-state index is 13.6. The highest BCUT2D eigenvalue weighted by Gasteiger charge is 2.44. The number of halogens is 2. The van der Waals surface area contributed by atoms with Gasteiger partial charge >= 0.3 is 0 Å². The van der Waals surface area contributed by atoms with Crippen molar-refractivity contribution in [2.75, 3.05) is 58.4 Å². The molecule has 11 nitrogen and oxygen atoms in total. The molecule has 0 aromatic carbocycles. The predicted molar refractivity (Wildman–Crippen MR) is 138 cm³/mol. The fourth-order valence-corrected chi connectivity index (χ4v) is 5.76. The number of carbonyl (C=O) groups excluding carboxylic acids is 1. The molecule has 2 aromatic rings.